The van der Waals surface area contributed by atoms with Crippen molar-refractivity contribution in [3.8, 4) is 5.75 Å². The van der Waals surface area contributed by atoms with Crippen LogP contribution in [-0.2, 0) is 9.53 Å². The summed E-state index contributed by atoms with van der Waals surface area (Å²) < 4.78 is 10.6. The molecule has 0 bridgehead atoms. The molecule has 2 N–H and O–H groups in total. The van der Waals surface area contributed by atoms with Crippen LogP contribution in [0.1, 0.15) is 32.1 Å². The molecule has 1 aromatic carbocycles. The Kier molecular flexibility index (Phi) is 9.62. The zero-order valence-electron chi connectivity index (χ0n) is 21.0. The molecule has 9 heteroatoms. The number of carbonyl (C=O) groups is 2. The minimum absolute atomic E-state index is 0.0901. The van der Waals surface area contributed by atoms with Crippen molar-refractivity contribution in [2.24, 2.45) is 5.92 Å². The molecule has 1 aliphatic carbocycles. The van der Waals surface area contributed by atoms with Crippen LogP contribution in [0.4, 0.5) is 10.5 Å². The van der Waals surface area contributed by atoms with E-state index in [4.69, 9.17) is 9.47 Å². The Balaban J connectivity index is 1.25. The maximum absolute atomic E-state index is 13.3. The maximum Gasteiger partial charge on any atom is 0.321 e. The van der Waals surface area contributed by atoms with Gasteiger partial charge in [0.15, 0.2) is 0 Å². The van der Waals surface area contributed by atoms with Crippen LogP contribution >= 0.6 is 0 Å². The number of anilines is 1. The second-order valence-electron chi connectivity index (χ2n) is 9.77. The summed E-state index contributed by atoms with van der Waals surface area (Å²) in [5.41, 5.74) is 0.749. The number of hydrogen-bond acceptors (Lipinski definition) is 6. The summed E-state index contributed by atoms with van der Waals surface area (Å²) in [4.78, 5) is 32.6. The molecule has 1 saturated carbocycles. The van der Waals surface area contributed by atoms with E-state index in [1.54, 1.807) is 7.11 Å². The van der Waals surface area contributed by atoms with Crippen LogP contribution in [0, 0.1) is 5.92 Å². The fraction of sp³-hybridized carbons (Fsp3) is 0.692. The first-order valence-corrected chi connectivity index (χ1v) is 13.2. The molecular formula is C26H41N5O4. The normalized spacial score (nSPS) is 21.0. The van der Waals surface area contributed by atoms with Gasteiger partial charge in [-0.05, 0) is 56.0 Å². The minimum atomic E-state index is -0.0974. The number of hydrogen-bond donors (Lipinski definition) is 2. The van der Waals surface area contributed by atoms with E-state index < -0.39 is 0 Å². The molecule has 2 aliphatic heterocycles. The van der Waals surface area contributed by atoms with E-state index in [0.717, 1.165) is 76.6 Å². The first-order chi connectivity index (χ1) is 17.1. The lowest BCUT2D eigenvalue weighted by atomic mass is 9.95. The lowest BCUT2D eigenvalue weighted by molar-refractivity contribution is -0.129. The van der Waals surface area contributed by atoms with Gasteiger partial charge >= 0.3 is 6.03 Å². The average molecular weight is 488 g/mol. The Hall–Kier alpha value is -2.36. The van der Waals surface area contributed by atoms with E-state index in [9.17, 15) is 9.59 Å². The zero-order chi connectivity index (χ0) is 24.5. The molecule has 0 spiro atoms. The topological polar surface area (TPSA) is 86.4 Å². The van der Waals surface area contributed by atoms with E-state index in [0.29, 0.717) is 25.6 Å². The predicted octanol–water partition coefficient (Wildman–Crippen LogP) is 2.24. The molecule has 9 nitrogen and oxygen atoms in total. The lowest BCUT2D eigenvalue weighted by Crippen LogP contribution is -2.58. The van der Waals surface area contributed by atoms with E-state index in [-0.39, 0.29) is 18.0 Å². The number of carbonyl (C=O) groups excluding carboxylic acids is 2. The van der Waals surface area contributed by atoms with Gasteiger partial charge in [0.25, 0.3) is 0 Å². The first-order valence-electron chi connectivity index (χ1n) is 13.2. The third-order valence-corrected chi connectivity index (χ3v) is 7.51. The summed E-state index contributed by atoms with van der Waals surface area (Å²) in [6, 6.07) is 7.16. The van der Waals surface area contributed by atoms with Crippen molar-refractivity contribution in [2.75, 3.05) is 78.0 Å². The second kappa shape index (κ2) is 13.1. The smallest absolute Gasteiger partial charge is 0.321 e. The zero-order valence-corrected chi connectivity index (χ0v) is 21.0. The molecule has 194 valence electrons. The van der Waals surface area contributed by atoms with Crippen molar-refractivity contribution in [2.45, 2.75) is 38.1 Å². The van der Waals surface area contributed by atoms with E-state index >= 15 is 0 Å². The van der Waals surface area contributed by atoms with Crippen LogP contribution < -0.4 is 15.4 Å². The summed E-state index contributed by atoms with van der Waals surface area (Å²) in [6.07, 6.45) is 5.60. The second-order valence-corrected chi connectivity index (χ2v) is 9.77. The number of rotatable bonds is 9. The van der Waals surface area contributed by atoms with Crippen LogP contribution in [0.25, 0.3) is 0 Å². The van der Waals surface area contributed by atoms with Crippen molar-refractivity contribution < 1.29 is 19.1 Å². The van der Waals surface area contributed by atoms with Gasteiger partial charge in [-0.1, -0.05) is 12.8 Å². The van der Waals surface area contributed by atoms with Crippen molar-refractivity contribution in [1.82, 2.24) is 20.0 Å². The molecule has 1 atom stereocenters. The van der Waals surface area contributed by atoms with Crippen LogP contribution in [0.15, 0.2) is 24.3 Å². The molecule has 0 radical (unpaired) electrons. The molecule has 3 amide bonds. The number of benzene rings is 1. The van der Waals surface area contributed by atoms with Crippen molar-refractivity contribution in [3.05, 3.63) is 24.3 Å². The Morgan fingerprint density at radius 3 is 2.37 bits per heavy atom. The van der Waals surface area contributed by atoms with Crippen molar-refractivity contribution >= 4 is 17.6 Å². The van der Waals surface area contributed by atoms with Gasteiger partial charge in [-0.3, -0.25) is 14.6 Å². The Labute approximate surface area is 209 Å². The van der Waals surface area contributed by atoms with E-state index in [1.165, 1.54) is 12.8 Å². The van der Waals surface area contributed by atoms with Gasteiger partial charge in [0.2, 0.25) is 5.91 Å². The fourth-order valence-corrected chi connectivity index (χ4v) is 5.47. The molecular weight excluding hydrogens is 446 g/mol. The highest BCUT2D eigenvalue weighted by Crippen LogP contribution is 2.31. The number of urea groups is 1. The fourth-order valence-electron chi connectivity index (χ4n) is 5.47. The molecule has 4 rings (SSSR count). The van der Waals surface area contributed by atoms with Crippen LogP contribution in [-0.4, -0.2) is 105 Å². The van der Waals surface area contributed by atoms with Gasteiger partial charge in [-0.15, -0.1) is 0 Å². The number of methoxy groups -OCH3 is 1. The van der Waals surface area contributed by atoms with Gasteiger partial charge < -0.3 is 25.0 Å². The summed E-state index contributed by atoms with van der Waals surface area (Å²) in [6.45, 7) is 7.97. The highest BCUT2D eigenvalue weighted by molar-refractivity contribution is 5.89. The third kappa shape index (κ3) is 7.32. The summed E-state index contributed by atoms with van der Waals surface area (Å²) in [5.74, 6) is 1.33. The molecule has 2 heterocycles. The van der Waals surface area contributed by atoms with Crippen LogP contribution in [0.3, 0.4) is 0 Å². The maximum atomic E-state index is 13.3. The Bertz CT molecular complexity index is 800. The third-order valence-electron chi connectivity index (χ3n) is 7.51. The standard InChI is InChI=1S/C26H41N5O4/c1-34-23-9-7-22(8-10-23)28-26(33)31-15-13-30(14-16-31)24(21-5-2-3-6-21)25(32)27-11-4-12-29-17-19-35-20-18-29/h7-10,21,24H,2-6,11-20H2,1H3,(H,27,32)(H,28,33). The highest BCUT2D eigenvalue weighted by Gasteiger charge is 2.37. The Morgan fingerprint density at radius 1 is 1.03 bits per heavy atom. The summed E-state index contributed by atoms with van der Waals surface area (Å²) >= 11 is 0. The number of piperazine rings is 1. The number of ether oxygens (including phenoxy) is 2. The van der Waals surface area contributed by atoms with E-state index in [2.05, 4.69) is 20.4 Å². The molecule has 0 aromatic heterocycles. The monoisotopic (exact) mass is 487 g/mol. The molecule has 3 fully saturated rings. The van der Waals surface area contributed by atoms with E-state index in [1.807, 2.05) is 29.2 Å². The highest BCUT2D eigenvalue weighted by atomic mass is 16.5. The summed E-state index contributed by atoms with van der Waals surface area (Å²) in [7, 11) is 1.62. The van der Waals surface area contributed by atoms with Gasteiger partial charge in [0, 0.05) is 51.5 Å². The average Bonchev–Trinajstić information content (AvgIpc) is 3.42. The number of amides is 3. The van der Waals surface area contributed by atoms with Crippen molar-refractivity contribution in [3.63, 3.8) is 0 Å². The van der Waals surface area contributed by atoms with Crippen LogP contribution in [0.5, 0.6) is 5.75 Å². The van der Waals surface area contributed by atoms with Crippen molar-refractivity contribution in [1.29, 1.82) is 0 Å². The summed E-state index contributed by atoms with van der Waals surface area (Å²) in [5, 5.41) is 6.20. The van der Waals surface area contributed by atoms with Gasteiger partial charge in [0.1, 0.15) is 5.75 Å². The molecule has 35 heavy (non-hydrogen) atoms. The quantitative estimate of drug-likeness (QED) is 0.520. The van der Waals surface area contributed by atoms with Crippen LogP contribution in [0.2, 0.25) is 0 Å². The van der Waals surface area contributed by atoms with Gasteiger partial charge in [-0.25, -0.2) is 4.79 Å². The minimum Gasteiger partial charge on any atom is -0.497 e. The SMILES string of the molecule is COc1ccc(NC(=O)N2CCN(C(C(=O)NCCCN3CCOCC3)C3CCCC3)CC2)cc1. The first kappa shape index (κ1) is 25.7. The van der Waals surface area contributed by atoms with Gasteiger partial charge in [0.05, 0.1) is 26.4 Å². The molecule has 3 aliphatic rings. The largest absolute Gasteiger partial charge is 0.497 e. The lowest BCUT2D eigenvalue weighted by Gasteiger charge is -2.40. The number of morpholine rings is 1. The number of nitrogens with one attached hydrogen (secondary N) is 2. The number of nitrogens with zero attached hydrogens (tertiary/aromatic N) is 3. The molecule has 1 unspecified atom stereocenters. The molecule has 2 saturated heterocycles. The Morgan fingerprint density at radius 2 is 1.71 bits per heavy atom. The van der Waals surface area contributed by atoms with Gasteiger partial charge in [-0.2, -0.15) is 0 Å². The molecule has 1 aromatic rings. The predicted molar refractivity (Wildman–Crippen MR) is 136 cm³/mol.